The van der Waals surface area contributed by atoms with Crippen LogP contribution in [0.25, 0.3) is 0 Å². The molecule has 0 atom stereocenters. The summed E-state index contributed by atoms with van der Waals surface area (Å²) in [5.41, 5.74) is -0.683. The summed E-state index contributed by atoms with van der Waals surface area (Å²) in [7, 11) is 0. The number of nitrogens with one attached hydrogen (secondary N) is 1. The highest BCUT2D eigenvalue weighted by Crippen LogP contribution is 2.39. The number of phenolic OH excluding ortho intramolecular Hbond substituents is 1. The zero-order chi connectivity index (χ0) is 13.2. The SMILES string of the molecule is CCC(=O)Nc1c(O)c(Cl)cc(Cl)c1C(=O)O. The van der Waals surface area contributed by atoms with Crippen LogP contribution >= 0.6 is 23.2 Å². The van der Waals surface area contributed by atoms with Crippen LogP contribution in [-0.2, 0) is 4.79 Å². The van der Waals surface area contributed by atoms with Crippen molar-refractivity contribution in [3.8, 4) is 5.75 Å². The van der Waals surface area contributed by atoms with Crippen LogP contribution in [0, 0.1) is 0 Å². The number of aromatic carboxylic acids is 1. The molecule has 0 unspecified atom stereocenters. The largest absolute Gasteiger partial charge is 0.504 e. The van der Waals surface area contributed by atoms with Crippen molar-refractivity contribution < 1.29 is 19.8 Å². The Labute approximate surface area is 107 Å². The molecule has 1 amide bonds. The van der Waals surface area contributed by atoms with Gasteiger partial charge in [0.2, 0.25) is 5.91 Å². The minimum atomic E-state index is -1.37. The summed E-state index contributed by atoms with van der Waals surface area (Å²) in [5.74, 6) is -2.34. The van der Waals surface area contributed by atoms with Crippen LogP contribution in [0.3, 0.4) is 0 Å². The van der Waals surface area contributed by atoms with Gasteiger partial charge in [-0.05, 0) is 6.07 Å². The van der Waals surface area contributed by atoms with Crippen molar-refractivity contribution >= 4 is 40.8 Å². The van der Waals surface area contributed by atoms with Gasteiger partial charge in [-0.1, -0.05) is 30.1 Å². The molecule has 92 valence electrons. The third-order valence-electron chi connectivity index (χ3n) is 2.00. The minimum absolute atomic E-state index is 0.128. The van der Waals surface area contributed by atoms with E-state index >= 15 is 0 Å². The standard InChI is InChI=1S/C10H9Cl2NO4/c1-2-6(14)13-8-7(10(16)17)4(11)3-5(12)9(8)15/h3,15H,2H2,1H3,(H,13,14)(H,16,17). The van der Waals surface area contributed by atoms with Gasteiger partial charge in [-0.25, -0.2) is 4.79 Å². The van der Waals surface area contributed by atoms with E-state index in [1.54, 1.807) is 6.92 Å². The highest BCUT2D eigenvalue weighted by atomic mass is 35.5. The van der Waals surface area contributed by atoms with Gasteiger partial charge in [-0.2, -0.15) is 0 Å². The summed E-state index contributed by atoms with van der Waals surface area (Å²) in [5, 5.41) is 20.5. The lowest BCUT2D eigenvalue weighted by Gasteiger charge is -2.12. The molecule has 0 radical (unpaired) electrons. The van der Waals surface area contributed by atoms with E-state index in [1.165, 1.54) is 0 Å². The maximum absolute atomic E-state index is 11.2. The van der Waals surface area contributed by atoms with Gasteiger partial charge in [0, 0.05) is 6.42 Å². The van der Waals surface area contributed by atoms with Crippen LogP contribution < -0.4 is 5.32 Å². The molecular formula is C10H9Cl2NO4. The number of benzene rings is 1. The number of anilines is 1. The molecule has 0 spiro atoms. The third kappa shape index (κ3) is 2.81. The molecule has 0 heterocycles. The minimum Gasteiger partial charge on any atom is -0.504 e. The molecular weight excluding hydrogens is 269 g/mol. The summed E-state index contributed by atoms with van der Waals surface area (Å²) >= 11 is 11.3. The zero-order valence-electron chi connectivity index (χ0n) is 8.75. The van der Waals surface area contributed by atoms with Gasteiger partial charge < -0.3 is 15.5 Å². The average molecular weight is 278 g/mol. The fraction of sp³-hybridized carbons (Fsp3) is 0.200. The van der Waals surface area contributed by atoms with Gasteiger partial charge in [-0.3, -0.25) is 4.79 Å². The summed E-state index contributed by atoms with van der Waals surface area (Å²) in [4.78, 5) is 22.2. The number of aromatic hydroxyl groups is 1. The van der Waals surface area contributed by atoms with Crippen molar-refractivity contribution in [2.45, 2.75) is 13.3 Å². The molecule has 0 aromatic heterocycles. The maximum Gasteiger partial charge on any atom is 0.339 e. The molecule has 7 heteroatoms. The molecule has 1 aromatic rings. The fourth-order valence-corrected chi connectivity index (χ4v) is 1.71. The lowest BCUT2D eigenvalue weighted by molar-refractivity contribution is -0.115. The first-order valence-electron chi connectivity index (χ1n) is 4.62. The molecule has 0 aliphatic heterocycles. The molecule has 0 saturated heterocycles. The molecule has 0 fully saturated rings. The van der Waals surface area contributed by atoms with Gasteiger partial charge in [0.25, 0.3) is 0 Å². The number of amides is 1. The molecule has 3 N–H and O–H groups in total. The summed E-state index contributed by atoms with van der Waals surface area (Å²) < 4.78 is 0. The molecule has 5 nitrogen and oxygen atoms in total. The molecule has 1 aromatic carbocycles. The zero-order valence-corrected chi connectivity index (χ0v) is 10.3. The number of carbonyl (C=O) groups excluding carboxylic acids is 1. The van der Waals surface area contributed by atoms with E-state index in [-0.39, 0.29) is 22.2 Å². The highest BCUT2D eigenvalue weighted by molar-refractivity contribution is 6.38. The second kappa shape index (κ2) is 5.25. The van der Waals surface area contributed by atoms with Crippen LogP contribution in [0.2, 0.25) is 10.0 Å². The summed E-state index contributed by atoms with van der Waals surface area (Å²) in [6.07, 6.45) is 0.128. The monoisotopic (exact) mass is 277 g/mol. The van der Waals surface area contributed by atoms with Crippen LogP contribution in [0.4, 0.5) is 5.69 Å². The first-order valence-corrected chi connectivity index (χ1v) is 5.38. The Kier molecular flexibility index (Phi) is 4.20. The van der Waals surface area contributed by atoms with Crippen molar-refractivity contribution in [3.05, 3.63) is 21.7 Å². The van der Waals surface area contributed by atoms with E-state index in [0.717, 1.165) is 6.07 Å². The van der Waals surface area contributed by atoms with Crippen LogP contribution in [0.15, 0.2) is 6.07 Å². The lowest BCUT2D eigenvalue weighted by Crippen LogP contribution is -2.14. The summed E-state index contributed by atoms with van der Waals surface area (Å²) in [6, 6.07) is 1.10. The number of carbonyl (C=O) groups is 2. The molecule has 1 rings (SSSR count). The first kappa shape index (κ1) is 13.6. The topological polar surface area (TPSA) is 86.6 Å². The van der Waals surface area contributed by atoms with Crippen molar-refractivity contribution in [3.63, 3.8) is 0 Å². The Morgan fingerprint density at radius 1 is 1.35 bits per heavy atom. The van der Waals surface area contributed by atoms with E-state index in [1.807, 2.05) is 0 Å². The van der Waals surface area contributed by atoms with E-state index in [2.05, 4.69) is 5.32 Å². The average Bonchev–Trinajstić information content (AvgIpc) is 2.24. The molecule has 0 saturated carbocycles. The number of hydrogen-bond acceptors (Lipinski definition) is 3. The number of halogens is 2. The lowest BCUT2D eigenvalue weighted by atomic mass is 10.1. The van der Waals surface area contributed by atoms with Crippen molar-refractivity contribution in [1.82, 2.24) is 0 Å². The van der Waals surface area contributed by atoms with Crippen LogP contribution in [-0.4, -0.2) is 22.1 Å². The molecule has 0 aliphatic carbocycles. The van der Waals surface area contributed by atoms with Crippen molar-refractivity contribution in [1.29, 1.82) is 0 Å². The van der Waals surface area contributed by atoms with Gasteiger partial charge in [0.1, 0.15) is 11.3 Å². The third-order valence-corrected chi connectivity index (χ3v) is 2.59. The predicted molar refractivity (Wildman–Crippen MR) is 64.0 cm³/mol. The van der Waals surface area contributed by atoms with E-state index in [9.17, 15) is 14.7 Å². The van der Waals surface area contributed by atoms with Crippen molar-refractivity contribution in [2.24, 2.45) is 0 Å². The molecule has 17 heavy (non-hydrogen) atoms. The maximum atomic E-state index is 11.2. The van der Waals surface area contributed by atoms with Gasteiger partial charge in [-0.15, -0.1) is 0 Å². The predicted octanol–water partition coefficient (Wildman–Crippen LogP) is 2.75. The fourth-order valence-electron chi connectivity index (χ4n) is 1.17. The van der Waals surface area contributed by atoms with E-state index in [0.29, 0.717) is 0 Å². The van der Waals surface area contributed by atoms with E-state index in [4.69, 9.17) is 28.3 Å². The number of hydrogen-bond donors (Lipinski definition) is 3. The summed E-state index contributed by atoms with van der Waals surface area (Å²) in [6.45, 7) is 1.58. The number of phenols is 1. The van der Waals surface area contributed by atoms with Gasteiger partial charge in [0.15, 0.2) is 5.75 Å². The number of carboxylic acid groups (broad SMARTS) is 1. The second-order valence-corrected chi connectivity index (χ2v) is 3.96. The van der Waals surface area contributed by atoms with Gasteiger partial charge in [0.05, 0.1) is 10.0 Å². The second-order valence-electron chi connectivity index (χ2n) is 3.15. The Morgan fingerprint density at radius 2 is 1.94 bits per heavy atom. The Morgan fingerprint density at radius 3 is 2.41 bits per heavy atom. The number of carboxylic acids is 1. The van der Waals surface area contributed by atoms with Crippen LogP contribution in [0.5, 0.6) is 5.75 Å². The Hall–Kier alpha value is -1.46. The normalized spacial score (nSPS) is 10.1. The Balaban J connectivity index is 3.42. The Bertz CT molecular complexity index is 488. The molecule has 0 bridgehead atoms. The highest BCUT2D eigenvalue weighted by Gasteiger charge is 2.22. The molecule has 0 aliphatic rings. The number of rotatable bonds is 3. The van der Waals surface area contributed by atoms with E-state index < -0.39 is 23.2 Å². The van der Waals surface area contributed by atoms with Gasteiger partial charge >= 0.3 is 5.97 Å². The quantitative estimate of drug-likeness (QED) is 0.742. The van der Waals surface area contributed by atoms with Crippen molar-refractivity contribution in [2.75, 3.05) is 5.32 Å². The smallest absolute Gasteiger partial charge is 0.339 e. The van der Waals surface area contributed by atoms with Crippen LogP contribution in [0.1, 0.15) is 23.7 Å². The first-order chi connectivity index (χ1) is 7.88.